The van der Waals surface area contributed by atoms with Crippen LogP contribution in [0.2, 0.25) is 0 Å². The van der Waals surface area contributed by atoms with E-state index in [0.717, 1.165) is 70.1 Å². The van der Waals surface area contributed by atoms with Gasteiger partial charge >= 0.3 is 5.97 Å². The van der Waals surface area contributed by atoms with E-state index in [1.165, 1.54) is 11.3 Å². The molecule has 8 heteroatoms. The van der Waals surface area contributed by atoms with Gasteiger partial charge in [0.2, 0.25) is 0 Å². The Morgan fingerprint density at radius 2 is 1.83 bits per heavy atom. The summed E-state index contributed by atoms with van der Waals surface area (Å²) in [6, 6.07) is 22.0. The lowest BCUT2D eigenvalue weighted by atomic mass is 9.95. The molecular formula is C33H32N4O3S. The number of carbonyl (C=O) groups excluding carboxylic acids is 2. The first-order valence-corrected chi connectivity index (χ1v) is 15.0. The largest absolute Gasteiger partial charge is 0.449 e. The SMILES string of the molecule is CCCN1CCc2nc3ccccc3c(C(=O)OC(CC)C(=O)Nc3nc(-c4ccc5ccccc5c4)cs3)c2C1. The van der Waals surface area contributed by atoms with Crippen molar-refractivity contribution in [2.45, 2.75) is 45.8 Å². The maximum Gasteiger partial charge on any atom is 0.340 e. The average molecular weight is 565 g/mol. The van der Waals surface area contributed by atoms with Crippen LogP contribution < -0.4 is 5.32 Å². The van der Waals surface area contributed by atoms with Crippen molar-refractivity contribution < 1.29 is 14.3 Å². The highest BCUT2D eigenvalue weighted by atomic mass is 32.1. The molecule has 1 aliphatic rings. The summed E-state index contributed by atoms with van der Waals surface area (Å²) in [5.74, 6) is -0.878. The molecule has 5 aromatic rings. The van der Waals surface area contributed by atoms with Gasteiger partial charge in [0.15, 0.2) is 11.2 Å². The van der Waals surface area contributed by atoms with Crippen LogP contribution in [0.5, 0.6) is 0 Å². The molecule has 1 unspecified atom stereocenters. The highest BCUT2D eigenvalue weighted by Crippen LogP contribution is 2.30. The molecule has 1 amide bonds. The van der Waals surface area contributed by atoms with Crippen LogP contribution in [0, 0.1) is 0 Å². The van der Waals surface area contributed by atoms with Crippen LogP contribution in [-0.4, -0.2) is 45.9 Å². The smallest absolute Gasteiger partial charge is 0.340 e. The zero-order valence-corrected chi connectivity index (χ0v) is 24.0. The predicted octanol–water partition coefficient (Wildman–Crippen LogP) is 6.85. The monoisotopic (exact) mass is 564 g/mol. The van der Waals surface area contributed by atoms with Gasteiger partial charge in [-0.2, -0.15) is 0 Å². The maximum atomic E-state index is 13.8. The Balaban J connectivity index is 1.22. The van der Waals surface area contributed by atoms with Gasteiger partial charge in [0.1, 0.15) is 0 Å². The van der Waals surface area contributed by atoms with Crippen molar-refractivity contribution in [3.05, 3.63) is 88.9 Å². The molecule has 0 aliphatic carbocycles. The van der Waals surface area contributed by atoms with Gasteiger partial charge in [-0.1, -0.05) is 68.4 Å². The number of hydrogen-bond donors (Lipinski definition) is 1. The molecule has 1 aliphatic heterocycles. The minimum Gasteiger partial charge on any atom is -0.449 e. The van der Waals surface area contributed by atoms with E-state index in [1.54, 1.807) is 0 Å². The van der Waals surface area contributed by atoms with E-state index in [0.29, 0.717) is 23.7 Å². The Morgan fingerprint density at radius 3 is 2.66 bits per heavy atom. The van der Waals surface area contributed by atoms with E-state index in [1.807, 2.05) is 54.8 Å². The molecule has 7 nitrogen and oxygen atoms in total. The first-order chi connectivity index (χ1) is 20.0. The van der Waals surface area contributed by atoms with E-state index < -0.39 is 12.1 Å². The highest BCUT2D eigenvalue weighted by molar-refractivity contribution is 7.14. The third-order valence-corrected chi connectivity index (χ3v) is 8.32. The molecule has 6 rings (SSSR count). The van der Waals surface area contributed by atoms with Crippen LogP contribution in [0.25, 0.3) is 32.9 Å². The van der Waals surface area contributed by atoms with Crippen LogP contribution in [0.4, 0.5) is 5.13 Å². The highest BCUT2D eigenvalue weighted by Gasteiger charge is 2.29. The van der Waals surface area contributed by atoms with E-state index in [2.05, 4.69) is 46.4 Å². The number of rotatable bonds is 8. The van der Waals surface area contributed by atoms with Crippen LogP contribution in [-0.2, 0) is 22.5 Å². The lowest BCUT2D eigenvalue weighted by Gasteiger charge is -2.29. The molecule has 0 radical (unpaired) electrons. The summed E-state index contributed by atoms with van der Waals surface area (Å²) in [5.41, 5.74) is 4.89. The summed E-state index contributed by atoms with van der Waals surface area (Å²) in [4.78, 5) is 38.9. The fraction of sp³-hybridized carbons (Fsp3) is 0.273. The first-order valence-electron chi connectivity index (χ1n) is 14.1. The molecule has 208 valence electrons. The minimum absolute atomic E-state index is 0.341. The molecule has 3 heterocycles. The fourth-order valence-electron chi connectivity index (χ4n) is 5.49. The Labute approximate surface area is 243 Å². The van der Waals surface area contributed by atoms with E-state index in [-0.39, 0.29) is 5.91 Å². The fourth-order valence-corrected chi connectivity index (χ4v) is 6.22. The maximum absolute atomic E-state index is 13.8. The minimum atomic E-state index is -0.951. The van der Waals surface area contributed by atoms with Gasteiger partial charge in [-0.05, 0) is 42.3 Å². The summed E-state index contributed by atoms with van der Waals surface area (Å²) >= 11 is 1.35. The van der Waals surface area contributed by atoms with Gasteiger partial charge in [0.05, 0.1) is 16.8 Å². The molecule has 3 aromatic carbocycles. The Bertz CT molecular complexity index is 1750. The Hall–Kier alpha value is -4.14. The third kappa shape index (κ3) is 5.58. The summed E-state index contributed by atoms with van der Waals surface area (Å²) in [7, 11) is 0. The lowest BCUT2D eigenvalue weighted by Crippen LogP contribution is -2.35. The zero-order valence-electron chi connectivity index (χ0n) is 23.2. The van der Waals surface area contributed by atoms with Crippen LogP contribution in [0.15, 0.2) is 72.1 Å². The number of nitrogens with one attached hydrogen (secondary N) is 1. The van der Waals surface area contributed by atoms with Crippen molar-refractivity contribution in [1.29, 1.82) is 0 Å². The number of anilines is 1. The number of fused-ring (bicyclic) bond motifs is 3. The van der Waals surface area contributed by atoms with Crippen molar-refractivity contribution in [3.63, 3.8) is 0 Å². The molecule has 0 saturated carbocycles. The van der Waals surface area contributed by atoms with Crippen LogP contribution in [0.1, 0.15) is 48.3 Å². The second-order valence-electron chi connectivity index (χ2n) is 10.3. The summed E-state index contributed by atoms with van der Waals surface area (Å²) in [6.07, 6.45) is 1.21. The number of ether oxygens (including phenoxy) is 1. The third-order valence-electron chi connectivity index (χ3n) is 7.56. The van der Waals surface area contributed by atoms with Crippen molar-refractivity contribution in [2.24, 2.45) is 0 Å². The lowest BCUT2D eigenvalue weighted by molar-refractivity contribution is -0.124. The molecule has 1 atom stereocenters. The van der Waals surface area contributed by atoms with Crippen molar-refractivity contribution in [2.75, 3.05) is 18.4 Å². The molecule has 0 saturated heterocycles. The van der Waals surface area contributed by atoms with Gasteiger partial charge < -0.3 is 4.74 Å². The average Bonchev–Trinajstić information content (AvgIpc) is 3.46. The molecule has 0 fully saturated rings. The number of esters is 1. The number of carbonyl (C=O) groups is 2. The van der Waals surface area contributed by atoms with Crippen molar-refractivity contribution in [1.82, 2.24) is 14.9 Å². The number of hydrogen-bond acceptors (Lipinski definition) is 7. The number of thiazole rings is 1. The Kier molecular flexibility index (Phi) is 7.76. The zero-order chi connectivity index (χ0) is 28.3. The summed E-state index contributed by atoms with van der Waals surface area (Å²) in [5, 5.41) is 8.30. The van der Waals surface area contributed by atoms with Gasteiger partial charge in [0, 0.05) is 47.1 Å². The molecular weight excluding hydrogens is 532 g/mol. The van der Waals surface area contributed by atoms with E-state index in [9.17, 15) is 9.59 Å². The molecule has 0 spiro atoms. The standard InChI is InChI=1S/C33H32N4O3S/c1-3-16-37-17-15-27-25(19-37)30(24-11-7-8-12-26(24)34-27)32(39)40-29(4-2)31(38)36-33-35-28(20-41-33)23-14-13-21-9-5-6-10-22(21)18-23/h5-14,18,20,29H,3-4,15-17,19H2,1-2H3,(H,35,36,38). The second kappa shape index (κ2) is 11.8. The summed E-state index contributed by atoms with van der Waals surface area (Å²) in [6.45, 7) is 6.50. The molecule has 1 N–H and O–H groups in total. The van der Waals surface area contributed by atoms with E-state index in [4.69, 9.17) is 9.72 Å². The normalized spacial score (nSPS) is 14.1. The quantitative estimate of drug-likeness (QED) is 0.208. The summed E-state index contributed by atoms with van der Waals surface area (Å²) < 4.78 is 5.91. The number of nitrogens with zero attached hydrogens (tertiary/aromatic N) is 3. The van der Waals surface area contributed by atoms with Gasteiger partial charge in [-0.3, -0.25) is 20.0 Å². The van der Waals surface area contributed by atoms with Crippen molar-refractivity contribution in [3.8, 4) is 11.3 Å². The topological polar surface area (TPSA) is 84.4 Å². The second-order valence-corrected chi connectivity index (χ2v) is 11.2. The molecule has 41 heavy (non-hydrogen) atoms. The first kappa shape index (κ1) is 27.1. The van der Waals surface area contributed by atoms with Gasteiger partial charge in [-0.15, -0.1) is 11.3 Å². The number of aromatic nitrogens is 2. The van der Waals surface area contributed by atoms with E-state index >= 15 is 0 Å². The number of para-hydroxylation sites is 1. The Morgan fingerprint density at radius 1 is 1.02 bits per heavy atom. The van der Waals surface area contributed by atoms with Crippen molar-refractivity contribution >= 4 is 50.0 Å². The molecule has 0 bridgehead atoms. The van der Waals surface area contributed by atoms with Crippen LogP contribution in [0.3, 0.4) is 0 Å². The number of amides is 1. The predicted molar refractivity (Wildman–Crippen MR) is 164 cm³/mol. The number of pyridine rings is 1. The van der Waals surface area contributed by atoms with Gasteiger partial charge in [-0.25, -0.2) is 9.78 Å². The van der Waals surface area contributed by atoms with Crippen LogP contribution >= 0.6 is 11.3 Å². The number of benzene rings is 3. The molecule has 2 aromatic heterocycles. The van der Waals surface area contributed by atoms with Gasteiger partial charge in [0.25, 0.3) is 5.91 Å².